The largest absolute Gasteiger partial charge is 0.497 e. The molecule has 6 heteroatoms. The molecule has 0 saturated carbocycles. The molecule has 0 unspecified atom stereocenters. The molecule has 0 saturated heterocycles. The Hall–Kier alpha value is -2.60. The van der Waals surface area contributed by atoms with Gasteiger partial charge in [0.05, 0.1) is 18.1 Å². The SMILES string of the molecule is COc1ccc(Sc2nc3ccccc3n3cnnc23)cc1. The van der Waals surface area contributed by atoms with E-state index in [1.807, 2.05) is 52.9 Å². The van der Waals surface area contributed by atoms with Crippen LogP contribution in [-0.2, 0) is 0 Å². The van der Waals surface area contributed by atoms with Gasteiger partial charge < -0.3 is 4.74 Å². The molecule has 0 aliphatic carbocycles. The van der Waals surface area contributed by atoms with Crippen LogP contribution in [-0.4, -0.2) is 26.7 Å². The minimum absolute atomic E-state index is 0.763. The van der Waals surface area contributed by atoms with E-state index in [9.17, 15) is 0 Å². The van der Waals surface area contributed by atoms with Gasteiger partial charge in [0.25, 0.3) is 0 Å². The van der Waals surface area contributed by atoms with Crippen LogP contribution in [0.2, 0.25) is 0 Å². The molecule has 22 heavy (non-hydrogen) atoms. The Kier molecular flexibility index (Phi) is 3.16. The van der Waals surface area contributed by atoms with Crippen molar-refractivity contribution in [1.29, 1.82) is 0 Å². The lowest BCUT2D eigenvalue weighted by Crippen LogP contribution is -1.94. The molecule has 0 N–H and O–H groups in total. The number of nitrogens with zero attached hydrogens (tertiary/aromatic N) is 4. The first-order valence-corrected chi connectivity index (χ1v) is 7.57. The molecule has 2 aromatic carbocycles. The van der Waals surface area contributed by atoms with E-state index in [4.69, 9.17) is 9.72 Å². The van der Waals surface area contributed by atoms with Crippen molar-refractivity contribution in [3.05, 3.63) is 54.9 Å². The zero-order valence-corrected chi connectivity index (χ0v) is 12.6. The molecule has 0 fully saturated rings. The summed E-state index contributed by atoms with van der Waals surface area (Å²) in [4.78, 5) is 5.80. The normalized spacial score (nSPS) is 11.1. The molecule has 4 aromatic rings. The predicted octanol–water partition coefficient (Wildman–Crippen LogP) is 3.44. The Morgan fingerprint density at radius 2 is 1.86 bits per heavy atom. The van der Waals surface area contributed by atoms with Crippen molar-refractivity contribution in [2.45, 2.75) is 9.92 Å². The second-order valence-electron chi connectivity index (χ2n) is 4.71. The highest BCUT2D eigenvalue weighted by atomic mass is 32.2. The van der Waals surface area contributed by atoms with E-state index in [1.165, 1.54) is 0 Å². The van der Waals surface area contributed by atoms with Crippen molar-refractivity contribution in [2.24, 2.45) is 0 Å². The molecule has 0 atom stereocenters. The molecule has 2 heterocycles. The molecular weight excluding hydrogens is 296 g/mol. The van der Waals surface area contributed by atoms with Gasteiger partial charge in [0.15, 0.2) is 5.65 Å². The van der Waals surface area contributed by atoms with Gasteiger partial charge in [0.2, 0.25) is 0 Å². The highest BCUT2D eigenvalue weighted by Crippen LogP contribution is 2.31. The molecule has 4 rings (SSSR count). The van der Waals surface area contributed by atoms with Gasteiger partial charge in [-0.25, -0.2) is 4.98 Å². The van der Waals surface area contributed by atoms with E-state index in [1.54, 1.807) is 25.2 Å². The molecule has 0 bridgehead atoms. The molecule has 0 amide bonds. The van der Waals surface area contributed by atoms with E-state index in [0.717, 1.165) is 32.4 Å². The van der Waals surface area contributed by atoms with Crippen LogP contribution < -0.4 is 4.74 Å². The number of fused-ring (bicyclic) bond motifs is 3. The van der Waals surface area contributed by atoms with Crippen LogP contribution in [0.3, 0.4) is 0 Å². The summed E-state index contributed by atoms with van der Waals surface area (Å²) in [6.07, 6.45) is 1.72. The van der Waals surface area contributed by atoms with Crippen LogP contribution in [0.25, 0.3) is 16.7 Å². The number of rotatable bonds is 3. The number of para-hydroxylation sites is 2. The molecule has 0 aliphatic heterocycles. The van der Waals surface area contributed by atoms with Gasteiger partial charge in [-0.15, -0.1) is 10.2 Å². The fourth-order valence-corrected chi connectivity index (χ4v) is 3.17. The summed E-state index contributed by atoms with van der Waals surface area (Å²) < 4.78 is 7.15. The fraction of sp³-hybridized carbons (Fsp3) is 0.0625. The Morgan fingerprint density at radius 3 is 2.68 bits per heavy atom. The summed E-state index contributed by atoms with van der Waals surface area (Å²) in [7, 11) is 1.66. The molecule has 0 radical (unpaired) electrons. The van der Waals surface area contributed by atoms with Crippen LogP contribution in [0.5, 0.6) is 5.75 Å². The van der Waals surface area contributed by atoms with Crippen LogP contribution in [0.15, 0.2) is 64.8 Å². The lowest BCUT2D eigenvalue weighted by atomic mass is 10.3. The van der Waals surface area contributed by atoms with Gasteiger partial charge in [-0.1, -0.05) is 23.9 Å². The average molecular weight is 308 g/mol. The number of methoxy groups -OCH3 is 1. The standard InChI is InChI=1S/C16H12N4OS/c1-21-11-6-8-12(9-7-11)22-16-15-19-17-10-20(15)14-5-3-2-4-13(14)18-16/h2-10H,1H3. The number of benzene rings is 2. The van der Waals surface area contributed by atoms with Crippen LogP contribution in [0.4, 0.5) is 0 Å². The highest BCUT2D eigenvalue weighted by molar-refractivity contribution is 7.99. The first kappa shape index (κ1) is 13.1. The molecule has 5 nitrogen and oxygen atoms in total. The Bertz CT molecular complexity index is 949. The van der Waals surface area contributed by atoms with Crippen LogP contribution in [0.1, 0.15) is 0 Å². The zero-order chi connectivity index (χ0) is 14.9. The quantitative estimate of drug-likeness (QED) is 0.580. The van der Waals surface area contributed by atoms with Gasteiger partial charge in [0.1, 0.15) is 17.1 Å². The van der Waals surface area contributed by atoms with E-state index < -0.39 is 0 Å². The topological polar surface area (TPSA) is 52.3 Å². The summed E-state index contributed by atoms with van der Waals surface area (Å²) >= 11 is 1.57. The van der Waals surface area contributed by atoms with Crippen molar-refractivity contribution in [3.63, 3.8) is 0 Å². The Labute approximate surface area is 131 Å². The number of hydrogen-bond acceptors (Lipinski definition) is 5. The van der Waals surface area contributed by atoms with Gasteiger partial charge in [0, 0.05) is 4.90 Å². The van der Waals surface area contributed by atoms with Crippen molar-refractivity contribution in [3.8, 4) is 5.75 Å². The summed E-state index contributed by atoms with van der Waals surface area (Å²) in [5.41, 5.74) is 2.69. The summed E-state index contributed by atoms with van der Waals surface area (Å²) in [6, 6.07) is 15.9. The third kappa shape index (κ3) is 2.17. The third-order valence-corrected chi connectivity index (χ3v) is 4.35. The van der Waals surface area contributed by atoms with E-state index in [2.05, 4.69) is 10.2 Å². The van der Waals surface area contributed by atoms with Crippen molar-refractivity contribution in [2.75, 3.05) is 7.11 Å². The maximum Gasteiger partial charge on any atom is 0.194 e. The van der Waals surface area contributed by atoms with Crippen LogP contribution in [0, 0.1) is 0 Å². The first-order chi connectivity index (χ1) is 10.8. The number of hydrogen-bond donors (Lipinski definition) is 0. The maximum atomic E-state index is 5.18. The smallest absolute Gasteiger partial charge is 0.194 e. The third-order valence-electron chi connectivity index (χ3n) is 3.38. The zero-order valence-electron chi connectivity index (χ0n) is 11.8. The van der Waals surface area contributed by atoms with Gasteiger partial charge in [-0.2, -0.15) is 0 Å². The summed E-state index contributed by atoms with van der Waals surface area (Å²) in [6.45, 7) is 0. The Balaban J connectivity index is 1.83. The van der Waals surface area contributed by atoms with Crippen molar-refractivity contribution < 1.29 is 4.74 Å². The minimum atomic E-state index is 0.763. The number of ether oxygens (including phenoxy) is 1. The molecule has 2 aromatic heterocycles. The predicted molar refractivity (Wildman–Crippen MR) is 85.4 cm³/mol. The van der Waals surface area contributed by atoms with Gasteiger partial charge >= 0.3 is 0 Å². The van der Waals surface area contributed by atoms with Crippen molar-refractivity contribution in [1.82, 2.24) is 19.6 Å². The second kappa shape index (κ2) is 5.31. The minimum Gasteiger partial charge on any atom is -0.497 e. The van der Waals surface area contributed by atoms with Crippen LogP contribution >= 0.6 is 11.8 Å². The average Bonchev–Trinajstić information content (AvgIpc) is 3.06. The first-order valence-electron chi connectivity index (χ1n) is 6.75. The van der Waals surface area contributed by atoms with Gasteiger partial charge in [-0.05, 0) is 36.4 Å². The van der Waals surface area contributed by atoms with Crippen molar-refractivity contribution >= 4 is 28.4 Å². The summed E-state index contributed by atoms with van der Waals surface area (Å²) in [5.74, 6) is 0.837. The summed E-state index contributed by atoms with van der Waals surface area (Å²) in [5, 5.41) is 9.06. The Morgan fingerprint density at radius 1 is 1.05 bits per heavy atom. The fourth-order valence-electron chi connectivity index (χ4n) is 2.30. The number of aromatic nitrogens is 4. The second-order valence-corrected chi connectivity index (χ2v) is 5.77. The van der Waals surface area contributed by atoms with E-state index in [-0.39, 0.29) is 0 Å². The lowest BCUT2D eigenvalue weighted by Gasteiger charge is -2.06. The molecule has 0 aliphatic rings. The molecule has 0 spiro atoms. The van der Waals surface area contributed by atoms with E-state index >= 15 is 0 Å². The maximum absolute atomic E-state index is 5.18. The molecule has 108 valence electrons. The molecular formula is C16H12N4OS. The van der Waals surface area contributed by atoms with Gasteiger partial charge in [-0.3, -0.25) is 4.40 Å². The van der Waals surface area contributed by atoms with E-state index in [0.29, 0.717) is 0 Å². The lowest BCUT2D eigenvalue weighted by molar-refractivity contribution is 0.414. The monoisotopic (exact) mass is 308 g/mol. The highest BCUT2D eigenvalue weighted by Gasteiger charge is 2.11.